The SMILES string of the molecule is NC(N)=NCCCc1ccc2c(c1)C(=O)N(CCC(=O)O)CC(=O)N2Cc1ccc(OCCCNC(=O)CN2CCN(CC(=O)O)CCN(CC(=O)O)CCN(CC(=O)O)CC2)cc1. The number of aryl methyl sites for hydroxylation is 1. The molecule has 1 saturated heterocycles. The zero-order valence-corrected chi connectivity index (χ0v) is 35.9. The summed E-state index contributed by atoms with van der Waals surface area (Å²) in [5, 5.41) is 40.4. The molecule has 2 aromatic rings. The predicted octanol–water partition coefficient (Wildman–Crippen LogP) is -1.28. The first-order chi connectivity index (χ1) is 30.6. The van der Waals surface area contributed by atoms with Crippen LogP contribution in [0.4, 0.5) is 5.69 Å². The molecule has 3 amide bonds. The number of anilines is 1. The summed E-state index contributed by atoms with van der Waals surface area (Å²) in [7, 11) is 0. The third-order valence-corrected chi connectivity index (χ3v) is 10.6. The van der Waals surface area contributed by atoms with Gasteiger partial charge in [0.1, 0.15) is 12.3 Å². The number of nitrogens with one attached hydrogen (secondary N) is 1. The molecule has 0 atom stereocenters. The number of carboxylic acids is 4. The topological polar surface area (TPSA) is 306 Å². The van der Waals surface area contributed by atoms with E-state index >= 15 is 0 Å². The second kappa shape index (κ2) is 25.7. The Hall–Kier alpha value is -6.36. The molecule has 0 saturated carbocycles. The van der Waals surface area contributed by atoms with Crippen molar-refractivity contribution in [2.75, 3.05) is 116 Å². The van der Waals surface area contributed by atoms with Crippen molar-refractivity contribution in [2.45, 2.75) is 32.2 Å². The molecule has 0 spiro atoms. The van der Waals surface area contributed by atoms with E-state index in [2.05, 4.69) is 10.3 Å². The van der Waals surface area contributed by atoms with E-state index in [-0.39, 0.29) is 103 Å². The van der Waals surface area contributed by atoms with Crippen LogP contribution in [0.15, 0.2) is 47.5 Å². The van der Waals surface area contributed by atoms with E-state index in [4.69, 9.17) is 16.2 Å². The van der Waals surface area contributed by atoms with Gasteiger partial charge in [0.25, 0.3) is 5.91 Å². The highest BCUT2D eigenvalue weighted by Crippen LogP contribution is 2.29. The lowest BCUT2D eigenvalue weighted by molar-refractivity contribution is -0.140. The maximum atomic E-state index is 13.7. The summed E-state index contributed by atoms with van der Waals surface area (Å²) < 4.78 is 5.91. The third kappa shape index (κ3) is 17.8. The summed E-state index contributed by atoms with van der Waals surface area (Å²) in [6.45, 7) is 2.26. The molecule has 0 radical (unpaired) electrons. The highest BCUT2D eigenvalue weighted by Gasteiger charge is 2.32. The Morgan fingerprint density at radius 2 is 1.22 bits per heavy atom. The fourth-order valence-electron chi connectivity index (χ4n) is 7.25. The minimum Gasteiger partial charge on any atom is -0.494 e. The molecule has 2 aliphatic heterocycles. The van der Waals surface area contributed by atoms with Crippen molar-refractivity contribution < 1.29 is 58.7 Å². The van der Waals surface area contributed by atoms with Crippen LogP contribution >= 0.6 is 0 Å². The molecule has 1 fully saturated rings. The summed E-state index contributed by atoms with van der Waals surface area (Å²) in [5.41, 5.74) is 13.1. The number of carbonyl (C=O) groups is 7. The van der Waals surface area contributed by atoms with Crippen LogP contribution in [-0.4, -0.2) is 204 Å². The molecule has 0 aliphatic carbocycles. The number of nitrogens with zero attached hydrogens (tertiary/aromatic N) is 7. The molecule has 0 aromatic heterocycles. The number of aliphatic carboxylic acids is 4. The number of carboxylic acid groups (broad SMARTS) is 4. The quantitative estimate of drug-likeness (QED) is 0.0411. The van der Waals surface area contributed by atoms with Crippen LogP contribution < -0.4 is 26.4 Å². The van der Waals surface area contributed by atoms with Gasteiger partial charge in [0.15, 0.2) is 5.96 Å². The molecule has 22 nitrogen and oxygen atoms in total. The molecule has 2 aliphatic rings. The lowest BCUT2D eigenvalue weighted by atomic mass is 10.0. The number of hydrogen-bond acceptors (Lipinski definition) is 13. The Labute approximate surface area is 371 Å². The Morgan fingerprint density at radius 1 is 0.688 bits per heavy atom. The number of aliphatic imine (C=N–C) groups is 1. The molecule has 22 heteroatoms. The normalized spacial score (nSPS) is 16.2. The molecule has 64 heavy (non-hydrogen) atoms. The maximum Gasteiger partial charge on any atom is 0.317 e. The molecular weight excluding hydrogens is 837 g/mol. The van der Waals surface area contributed by atoms with Gasteiger partial charge in [-0.2, -0.15) is 0 Å². The van der Waals surface area contributed by atoms with Gasteiger partial charge in [0.2, 0.25) is 11.8 Å². The van der Waals surface area contributed by atoms with E-state index in [1.165, 1.54) is 9.80 Å². The van der Waals surface area contributed by atoms with Crippen LogP contribution in [0.3, 0.4) is 0 Å². The number of hydrogen-bond donors (Lipinski definition) is 7. The van der Waals surface area contributed by atoms with Crippen molar-refractivity contribution in [1.82, 2.24) is 29.8 Å². The monoisotopic (exact) mass is 896 g/mol. The zero-order chi connectivity index (χ0) is 46.6. The number of benzene rings is 2. The highest BCUT2D eigenvalue weighted by atomic mass is 16.5. The van der Waals surface area contributed by atoms with Crippen LogP contribution in [0.25, 0.3) is 0 Å². The van der Waals surface area contributed by atoms with E-state index in [0.29, 0.717) is 75.5 Å². The molecule has 350 valence electrons. The van der Waals surface area contributed by atoms with Gasteiger partial charge in [0, 0.05) is 72.0 Å². The number of rotatable bonds is 22. The van der Waals surface area contributed by atoms with Gasteiger partial charge < -0.3 is 51.7 Å². The first-order valence-corrected chi connectivity index (χ1v) is 21.1. The average molecular weight is 897 g/mol. The number of amides is 3. The largest absolute Gasteiger partial charge is 0.494 e. The average Bonchev–Trinajstić information content (AvgIpc) is 3.32. The van der Waals surface area contributed by atoms with Crippen LogP contribution in [0.1, 0.15) is 40.7 Å². The fraction of sp³-hybridized carbons (Fsp3) is 0.524. The fourth-order valence-corrected chi connectivity index (χ4v) is 7.25. The van der Waals surface area contributed by atoms with E-state index in [1.807, 2.05) is 11.0 Å². The van der Waals surface area contributed by atoms with Crippen molar-refractivity contribution >= 4 is 53.2 Å². The standard InChI is InChI=1S/C42H60N10O12/c43-42(44)46-11-1-3-30-6-9-34-33(23-30)41(63)51(13-10-37(55)56)26-36(54)52(34)24-31-4-7-32(8-5-31)64-22-2-12-45-35(53)25-47-14-16-48(27-38(57)58)18-20-50(29-40(61)62)21-19-49(17-15-47)28-39(59)60/h4-9,23H,1-3,10-22,24-29H2,(H,45,53)(H,55,56)(H,57,58)(H,59,60)(H,61,62)(H4,43,44,46). The van der Waals surface area contributed by atoms with Crippen LogP contribution in [-0.2, 0) is 41.7 Å². The van der Waals surface area contributed by atoms with E-state index < -0.39 is 29.8 Å². The molecule has 0 bridgehead atoms. The maximum absolute atomic E-state index is 13.7. The van der Waals surface area contributed by atoms with Crippen molar-refractivity contribution in [3.05, 3.63) is 59.2 Å². The number of guanidine groups is 1. The molecular formula is C42H60N10O12. The molecule has 2 aromatic carbocycles. The Kier molecular flexibility index (Phi) is 20.2. The van der Waals surface area contributed by atoms with Crippen LogP contribution in [0, 0.1) is 0 Å². The number of fused-ring (bicyclic) bond motifs is 1. The van der Waals surface area contributed by atoms with Gasteiger partial charge in [-0.3, -0.25) is 58.2 Å². The Morgan fingerprint density at radius 3 is 1.73 bits per heavy atom. The highest BCUT2D eigenvalue weighted by molar-refractivity contribution is 6.09. The minimum atomic E-state index is -1.09. The number of carbonyl (C=O) groups excluding carboxylic acids is 3. The minimum absolute atomic E-state index is 0.00430. The second-order valence-corrected chi connectivity index (χ2v) is 15.6. The predicted molar refractivity (Wildman–Crippen MR) is 233 cm³/mol. The zero-order valence-electron chi connectivity index (χ0n) is 35.9. The van der Waals surface area contributed by atoms with Gasteiger partial charge in [0.05, 0.1) is 57.0 Å². The summed E-state index contributed by atoms with van der Waals surface area (Å²) in [6.07, 6.45) is 1.35. The van der Waals surface area contributed by atoms with Crippen molar-refractivity contribution in [3.8, 4) is 5.75 Å². The Balaban J connectivity index is 1.31. The van der Waals surface area contributed by atoms with Gasteiger partial charge in [-0.15, -0.1) is 0 Å². The van der Waals surface area contributed by atoms with Crippen molar-refractivity contribution in [3.63, 3.8) is 0 Å². The van der Waals surface area contributed by atoms with Gasteiger partial charge >= 0.3 is 23.9 Å². The first kappa shape index (κ1) is 50.3. The molecule has 4 rings (SSSR count). The lowest BCUT2D eigenvalue weighted by Gasteiger charge is -2.32. The molecule has 0 unspecified atom stereocenters. The summed E-state index contributed by atoms with van der Waals surface area (Å²) in [6, 6.07) is 12.4. The number of ether oxygens (including phenoxy) is 1. The third-order valence-electron chi connectivity index (χ3n) is 10.6. The summed E-state index contributed by atoms with van der Waals surface area (Å²) in [5.74, 6) is -4.72. The van der Waals surface area contributed by atoms with Gasteiger partial charge in [-0.25, -0.2) is 0 Å². The van der Waals surface area contributed by atoms with E-state index in [0.717, 1.165) is 11.1 Å². The number of nitrogens with two attached hydrogens (primary N) is 2. The van der Waals surface area contributed by atoms with E-state index in [9.17, 15) is 54.0 Å². The van der Waals surface area contributed by atoms with Crippen LogP contribution in [0.5, 0.6) is 5.75 Å². The van der Waals surface area contributed by atoms with E-state index in [1.54, 1.807) is 51.1 Å². The second-order valence-electron chi connectivity index (χ2n) is 15.6. The molecule has 9 N–H and O–H groups in total. The van der Waals surface area contributed by atoms with Crippen molar-refractivity contribution in [1.29, 1.82) is 0 Å². The summed E-state index contributed by atoms with van der Waals surface area (Å²) in [4.78, 5) is 99.9. The van der Waals surface area contributed by atoms with Crippen molar-refractivity contribution in [2.24, 2.45) is 16.5 Å². The smallest absolute Gasteiger partial charge is 0.317 e. The lowest BCUT2D eigenvalue weighted by Crippen LogP contribution is -2.49. The molecule has 2 heterocycles. The summed E-state index contributed by atoms with van der Waals surface area (Å²) >= 11 is 0. The Bertz CT molecular complexity index is 1930. The van der Waals surface area contributed by atoms with Gasteiger partial charge in [-0.05, 0) is 54.7 Å². The van der Waals surface area contributed by atoms with Crippen LogP contribution in [0.2, 0.25) is 0 Å². The van der Waals surface area contributed by atoms with Gasteiger partial charge in [-0.1, -0.05) is 18.2 Å². The first-order valence-electron chi connectivity index (χ1n) is 21.1.